The molecule has 0 fully saturated rings. The number of halogens is 1. The average molecular weight is 313 g/mol. The number of nitrogens with one attached hydrogen (secondary N) is 2. The lowest BCUT2D eigenvalue weighted by molar-refractivity contribution is 0.332. The maximum atomic E-state index is 3.64. The van der Waals surface area contributed by atoms with Gasteiger partial charge in [-0.25, -0.2) is 0 Å². The van der Waals surface area contributed by atoms with E-state index in [9.17, 15) is 0 Å². The van der Waals surface area contributed by atoms with Crippen LogP contribution < -0.4 is 10.6 Å². The molecule has 0 aromatic heterocycles. The highest BCUT2D eigenvalue weighted by Gasteiger charge is 2.26. The minimum Gasteiger partial charge on any atom is -0.318 e. The molecule has 0 bridgehead atoms. The summed E-state index contributed by atoms with van der Waals surface area (Å²) in [7, 11) is 1.99. The van der Waals surface area contributed by atoms with E-state index in [1.54, 1.807) is 0 Å². The molecule has 2 nitrogen and oxygen atoms in total. The van der Waals surface area contributed by atoms with Crippen LogP contribution in [0.4, 0.5) is 0 Å². The fourth-order valence-corrected chi connectivity index (χ4v) is 2.89. The summed E-state index contributed by atoms with van der Waals surface area (Å²) in [6, 6.07) is 8.45. The van der Waals surface area contributed by atoms with Crippen LogP contribution in [0.25, 0.3) is 0 Å². The van der Waals surface area contributed by atoms with Crippen LogP contribution >= 0.6 is 15.9 Å². The monoisotopic (exact) mass is 312 g/mol. The number of likely N-dealkylation sites (N-methyl/N-ethyl adjacent to an activating group) is 1. The van der Waals surface area contributed by atoms with Gasteiger partial charge in [0.1, 0.15) is 0 Å². The topological polar surface area (TPSA) is 24.1 Å². The van der Waals surface area contributed by atoms with Crippen molar-refractivity contribution in [1.29, 1.82) is 0 Å². The molecule has 0 aliphatic rings. The highest BCUT2D eigenvalue weighted by Crippen LogP contribution is 2.29. The lowest BCUT2D eigenvalue weighted by atomic mass is 9.84. The zero-order valence-electron chi connectivity index (χ0n) is 12.1. The predicted octanol–water partition coefficient (Wildman–Crippen LogP) is 3.31. The lowest BCUT2D eigenvalue weighted by Crippen LogP contribution is -2.50. The van der Waals surface area contributed by atoms with Gasteiger partial charge in [0.2, 0.25) is 0 Å². The Morgan fingerprint density at radius 3 is 2.22 bits per heavy atom. The summed E-state index contributed by atoms with van der Waals surface area (Å²) in [5.74, 6) is 0. The van der Waals surface area contributed by atoms with Gasteiger partial charge in [0, 0.05) is 28.5 Å². The molecule has 1 aromatic rings. The summed E-state index contributed by atoms with van der Waals surface area (Å²) >= 11 is 3.64. The first-order valence-corrected chi connectivity index (χ1v) is 7.22. The van der Waals surface area contributed by atoms with E-state index in [2.05, 4.69) is 78.5 Å². The first kappa shape index (κ1) is 15.7. The molecule has 0 amide bonds. The summed E-state index contributed by atoms with van der Waals surface area (Å²) in [5, 5.41) is 6.87. The third-order valence-electron chi connectivity index (χ3n) is 3.23. The SMILES string of the molecule is CNCC(C)(C)NCC(C)(C)c1ccccc1Br. The molecule has 0 aliphatic heterocycles. The quantitative estimate of drug-likeness (QED) is 0.842. The summed E-state index contributed by atoms with van der Waals surface area (Å²) in [4.78, 5) is 0. The van der Waals surface area contributed by atoms with Crippen LogP contribution in [0, 0.1) is 0 Å². The van der Waals surface area contributed by atoms with Crippen LogP contribution in [-0.4, -0.2) is 25.7 Å². The van der Waals surface area contributed by atoms with Crippen LogP contribution in [0.15, 0.2) is 28.7 Å². The molecule has 0 saturated carbocycles. The van der Waals surface area contributed by atoms with Crippen LogP contribution in [0.3, 0.4) is 0 Å². The molecule has 102 valence electrons. The summed E-state index contributed by atoms with van der Waals surface area (Å²) < 4.78 is 1.18. The molecule has 2 N–H and O–H groups in total. The van der Waals surface area contributed by atoms with E-state index in [4.69, 9.17) is 0 Å². The van der Waals surface area contributed by atoms with Gasteiger partial charge in [0.15, 0.2) is 0 Å². The Kier molecular flexibility index (Phi) is 5.38. The van der Waals surface area contributed by atoms with Crippen molar-refractivity contribution in [3.63, 3.8) is 0 Å². The van der Waals surface area contributed by atoms with Gasteiger partial charge in [-0.2, -0.15) is 0 Å². The molecule has 0 spiro atoms. The molecule has 0 atom stereocenters. The zero-order valence-corrected chi connectivity index (χ0v) is 13.7. The second kappa shape index (κ2) is 6.18. The molecular formula is C15H25BrN2. The molecule has 18 heavy (non-hydrogen) atoms. The van der Waals surface area contributed by atoms with Gasteiger partial charge in [-0.15, -0.1) is 0 Å². The number of benzene rings is 1. The molecule has 1 aromatic carbocycles. The van der Waals surface area contributed by atoms with E-state index in [1.807, 2.05) is 7.05 Å². The second-order valence-corrected chi connectivity index (χ2v) is 6.99. The number of rotatable bonds is 6. The molecule has 0 aliphatic carbocycles. The Balaban J connectivity index is 2.74. The van der Waals surface area contributed by atoms with Crippen molar-refractivity contribution in [3.05, 3.63) is 34.3 Å². The highest BCUT2D eigenvalue weighted by molar-refractivity contribution is 9.10. The van der Waals surface area contributed by atoms with E-state index in [0.717, 1.165) is 13.1 Å². The van der Waals surface area contributed by atoms with Crippen molar-refractivity contribution in [3.8, 4) is 0 Å². The van der Waals surface area contributed by atoms with Crippen molar-refractivity contribution in [1.82, 2.24) is 10.6 Å². The Morgan fingerprint density at radius 1 is 1.06 bits per heavy atom. The fourth-order valence-electron chi connectivity index (χ4n) is 2.07. The normalized spacial score (nSPS) is 12.8. The summed E-state index contributed by atoms with van der Waals surface area (Å²) in [6.45, 7) is 10.9. The average Bonchev–Trinajstić information content (AvgIpc) is 2.27. The molecule has 3 heteroatoms. The van der Waals surface area contributed by atoms with Crippen molar-refractivity contribution in [2.45, 2.75) is 38.6 Å². The summed E-state index contributed by atoms with van der Waals surface area (Å²) in [6.07, 6.45) is 0. The van der Waals surface area contributed by atoms with Crippen molar-refractivity contribution in [2.75, 3.05) is 20.1 Å². The minimum atomic E-state index is 0.102. The Bertz CT molecular complexity index is 386. The van der Waals surface area contributed by atoms with Gasteiger partial charge in [-0.05, 0) is 32.5 Å². The first-order valence-electron chi connectivity index (χ1n) is 6.43. The van der Waals surface area contributed by atoms with Crippen molar-refractivity contribution >= 4 is 15.9 Å². The fraction of sp³-hybridized carbons (Fsp3) is 0.600. The van der Waals surface area contributed by atoms with Crippen LogP contribution in [0.5, 0.6) is 0 Å². The summed E-state index contributed by atoms with van der Waals surface area (Å²) in [5.41, 5.74) is 1.55. The number of hydrogen-bond donors (Lipinski definition) is 2. The van der Waals surface area contributed by atoms with Gasteiger partial charge >= 0.3 is 0 Å². The Labute approximate surface area is 120 Å². The molecule has 0 unspecified atom stereocenters. The number of hydrogen-bond acceptors (Lipinski definition) is 2. The van der Waals surface area contributed by atoms with Crippen LogP contribution in [-0.2, 0) is 5.41 Å². The van der Waals surface area contributed by atoms with E-state index in [1.165, 1.54) is 10.0 Å². The smallest absolute Gasteiger partial charge is 0.0249 e. The minimum absolute atomic E-state index is 0.102. The van der Waals surface area contributed by atoms with E-state index >= 15 is 0 Å². The van der Waals surface area contributed by atoms with Gasteiger partial charge < -0.3 is 10.6 Å². The maximum absolute atomic E-state index is 3.64. The van der Waals surface area contributed by atoms with Crippen molar-refractivity contribution < 1.29 is 0 Å². The predicted molar refractivity (Wildman–Crippen MR) is 83.2 cm³/mol. The zero-order chi connectivity index (χ0) is 13.8. The molecule has 1 rings (SSSR count). The van der Waals surface area contributed by atoms with E-state index in [0.29, 0.717) is 0 Å². The van der Waals surface area contributed by atoms with E-state index < -0.39 is 0 Å². The van der Waals surface area contributed by atoms with Gasteiger partial charge in [0.25, 0.3) is 0 Å². The van der Waals surface area contributed by atoms with Crippen LogP contribution in [0.2, 0.25) is 0 Å². The first-order chi connectivity index (χ1) is 8.28. The Hall–Kier alpha value is -0.380. The van der Waals surface area contributed by atoms with Crippen molar-refractivity contribution in [2.24, 2.45) is 0 Å². The maximum Gasteiger partial charge on any atom is 0.0249 e. The molecule has 0 radical (unpaired) electrons. The molecular weight excluding hydrogens is 288 g/mol. The largest absolute Gasteiger partial charge is 0.318 e. The van der Waals surface area contributed by atoms with Gasteiger partial charge in [-0.3, -0.25) is 0 Å². The molecule has 0 saturated heterocycles. The third-order valence-corrected chi connectivity index (χ3v) is 3.92. The highest BCUT2D eigenvalue weighted by atomic mass is 79.9. The van der Waals surface area contributed by atoms with Gasteiger partial charge in [-0.1, -0.05) is 48.0 Å². The standard InChI is InChI=1S/C15H25BrN2/c1-14(2,10-18-15(3,4)11-17-5)12-8-6-7-9-13(12)16/h6-9,17-18H,10-11H2,1-5H3. The lowest BCUT2D eigenvalue weighted by Gasteiger charge is -2.33. The van der Waals surface area contributed by atoms with E-state index in [-0.39, 0.29) is 11.0 Å². The molecule has 0 heterocycles. The second-order valence-electron chi connectivity index (χ2n) is 6.13. The van der Waals surface area contributed by atoms with Gasteiger partial charge in [0.05, 0.1) is 0 Å². The third kappa shape index (κ3) is 4.38. The van der Waals surface area contributed by atoms with Crippen LogP contribution in [0.1, 0.15) is 33.3 Å². The Morgan fingerprint density at radius 2 is 1.67 bits per heavy atom.